The minimum absolute atomic E-state index is 0.0571. The van der Waals surface area contributed by atoms with E-state index in [0.29, 0.717) is 0 Å². The maximum absolute atomic E-state index is 11.4. The summed E-state index contributed by atoms with van der Waals surface area (Å²) < 4.78 is 1.28. The van der Waals surface area contributed by atoms with Crippen LogP contribution in [0.5, 0.6) is 0 Å². The van der Waals surface area contributed by atoms with Gasteiger partial charge < -0.3 is 10.4 Å². The van der Waals surface area contributed by atoms with Crippen molar-refractivity contribution in [3.05, 3.63) is 12.7 Å². The smallest absolute Gasteiger partial charge is 0.327 e. The minimum atomic E-state index is -1.16. The third-order valence-corrected chi connectivity index (χ3v) is 1.73. The zero-order chi connectivity index (χ0) is 12.0. The van der Waals surface area contributed by atoms with Crippen LogP contribution in [-0.2, 0) is 16.1 Å². The van der Waals surface area contributed by atoms with Crippen LogP contribution in [-0.4, -0.2) is 37.8 Å². The number of rotatable bonds is 5. The van der Waals surface area contributed by atoms with Crippen molar-refractivity contribution in [1.82, 2.24) is 20.1 Å². The van der Waals surface area contributed by atoms with Gasteiger partial charge in [0.1, 0.15) is 25.2 Å². The molecular weight excluding hydrogens is 212 g/mol. The van der Waals surface area contributed by atoms with E-state index in [1.54, 1.807) is 0 Å². The predicted molar refractivity (Wildman–Crippen MR) is 53.0 cm³/mol. The van der Waals surface area contributed by atoms with E-state index >= 15 is 0 Å². The summed E-state index contributed by atoms with van der Waals surface area (Å²) in [6, 6.07) is -1.07. The number of carbonyl (C=O) groups excluding carboxylic acids is 1. The fourth-order valence-electron chi connectivity index (χ4n) is 1.02. The molecular formula is C9H10N4O3. The van der Waals surface area contributed by atoms with Crippen molar-refractivity contribution in [2.24, 2.45) is 0 Å². The lowest BCUT2D eigenvalue weighted by Crippen LogP contribution is -2.42. The molecule has 0 spiro atoms. The molecule has 0 fully saturated rings. The summed E-state index contributed by atoms with van der Waals surface area (Å²) in [5.74, 6) is 0.542. The Morgan fingerprint density at radius 2 is 2.38 bits per heavy atom. The largest absolute Gasteiger partial charge is 0.480 e. The monoisotopic (exact) mass is 222 g/mol. The SMILES string of the molecule is C#CCC(NC(=O)Cn1cncn1)C(=O)O. The Labute approximate surface area is 91.5 Å². The molecule has 0 saturated carbocycles. The maximum Gasteiger partial charge on any atom is 0.327 e. The highest BCUT2D eigenvalue weighted by atomic mass is 16.4. The van der Waals surface area contributed by atoms with Crippen LogP contribution in [0.1, 0.15) is 6.42 Å². The van der Waals surface area contributed by atoms with Crippen molar-refractivity contribution in [1.29, 1.82) is 0 Å². The molecule has 1 atom stereocenters. The van der Waals surface area contributed by atoms with Crippen molar-refractivity contribution < 1.29 is 14.7 Å². The van der Waals surface area contributed by atoms with E-state index in [0.717, 1.165) is 0 Å². The first-order valence-electron chi connectivity index (χ1n) is 4.41. The summed E-state index contributed by atoms with van der Waals surface area (Å²) in [7, 11) is 0. The molecule has 0 aliphatic heterocycles. The zero-order valence-corrected chi connectivity index (χ0v) is 8.33. The molecule has 0 saturated heterocycles. The van der Waals surface area contributed by atoms with E-state index in [-0.39, 0.29) is 13.0 Å². The Balaban J connectivity index is 2.49. The number of nitrogens with zero attached hydrogens (tertiary/aromatic N) is 3. The quantitative estimate of drug-likeness (QED) is 0.614. The van der Waals surface area contributed by atoms with E-state index in [1.165, 1.54) is 17.3 Å². The summed E-state index contributed by atoms with van der Waals surface area (Å²) in [5.41, 5.74) is 0. The van der Waals surface area contributed by atoms with E-state index in [9.17, 15) is 9.59 Å². The Hall–Kier alpha value is -2.36. The van der Waals surface area contributed by atoms with Gasteiger partial charge in [0.25, 0.3) is 0 Å². The number of carboxylic acids is 1. The number of aliphatic carboxylic acids is 1. The second-order valence-corrected chi connectivity index (χ2v) is 2.96. The lowest BCUT2D eigenvalue weighted by atomic mass is 10.2. The Kier molecular flexibility index (Phi) is 4.03. The molecule has 0 aliphatic carbocycles. The molecule has 0 aliphatic rings. The normalized spacial score (nSPS) is 11.4. The van der Waals surface area contributed by atoms with Crippen LogP contribution < -0.4 is 5.32 Å². The lowest BCUT2D eigenvalue weighted by molar-refractivity contribution is -0.141. The molecule has 1 amide bonds. The molecule has 1 rings (SSSR count). The van der Waals surface area contributed by atoms with Gasteiger partial charge in [-0.1, -0.05) is 0 Å². The lowest BCUT2D eigenvalue weighted by Gasteiger charge is -2.11. The molecule has 1 unspecified atom stereocenters. The highest BCUT2D eigenvalue weighted by Gasteiger charge is 2.18. The number of aromatic nitrogens is 3. The minimum Gasteiger partial charge on any atom is -0.480 e. The summed E-state index contributed by atoms with van der Waals surface area (Å²) in [6.07, 6.45) is 7.57. The van der Waals surface area contributed by atoms with Gasteiger partial charge in [0.05, 0.1) is 0 Å². The Bertz CT molecular complexity index is 407. The average molecular weight is 222 g/mol. The Morgan fingerprint density at radius 3 is 2.88 bits per heavy atom. The molecule has 84 valence electrons. The summed E-state index contributed by atoms with van der Waals surface area (Å²) >= 11 is 0. The van der Waals surface area contributed by atoms with Crippen LogP contribution in [0.15, 0.2) is 12.7 Å². The molecule has 7 nitrogen and oxygen atoms in total. The first-order valence-corrected chi connectivity index (χ1v) is 4.41. The maximum atomic E-state index is 11.4. The van der Waals surface area contributed by atoms with Crippen molar-refractivity contribution in [3.8, 4) is 12.3 Å². The van der Waals surface area contributed by atoms with Crippen molar-refractivity contribution >= 4 is 11.9 Å². The van der Waals surface area contributed by atoms with Gasteiger partial charge in [0.15, 0.2) is 0 Å². The zero-order valence-electron chi connectivity index (χ0n) is 8.33. The van der Waals surface area contributed by atoms with Gasteiger partial charge in [-0.25, -0.2) is 14.5 Å². The van der Waals surface area contributed by atoms with Crippen LogP contribution in [0, 0.1) is 12.3 Å². The number of amides is 1. The average Bonchev–Trinajstić information content (AvgIpc) is 2.69. The first kappa shape index (κ1) is 11.7. The van der Waals surface area contributed by atoms with Crippen LogP contribution in [0.2, 0.25) is 0 Å². The molecule has 16 heavy (non-hydrogen) atoms. The second-order valence-electron chi connectivity index (χ2n) is 2.96. The van der Waals surface area contributed by atoms with Crippen molar-refractivity contribution in [2.75, 3.05) is 0 Å². The van der Waals surface area contributed by atoms with E-state index in [1.807, 2.05) is 0 Å². The van der Waals surface area contributed by atoms with Gasteiger partial charge in [-0.15, -0.1) is 12.3 Å². The molecule has 0 bridgehead atoms. The molecule has 2 N–H and O–H groups in total. The van der Waals surface area contributed by atoms with E-state index in [4.69, 9.17) is 11.5 Å². The second kappa shape index (κ2) is 5.50. The van der Waals surface area contributed by atoms with Gasteiger partial charge in [0, 0.05) is 6.42 Å². The van der Waals surface area contributed by atoms with Crippen LogP contribution in [0.3, 0.4) is 0 Å². The van der Waals surface area contributed by atoms with Gasteiger partial charge in [-0.05, 0) is 0 Å². The summed E-state index contributed by atoms with van der Waals surface area (Å²) in [4.78, 5) is 25.7. The summed E-state index contributed by atoms with van der Waals surface area (Å²) in [6.45, 7) is -0.0889. The molecule has 1 aromatic heterocycles. The van der Waals surface area contributed by atoms with Crippen LogP contribution in [0.4, 0.5) is 0 Å². The van der Waals surface area contributed by atoms with Gasteiger partial charge >= 0.3 is 5.97 Å². The number of carbonyl (C=O) groups is 2. The fourth-order valence-corrected chi connectivity index (χ4v) is 1.02. The van der Waals surface area contributed by atoms with E-state index < -0.39 is 17.9 Å². The molecule has 1 aromatic rings. The number of nitrogens with one attached hydrogen (secondary N) is 1. The van der Waals surface area contributed by atoms with Gasteiger partial charge in [-0.2, -0.15) is 5.10 Å². The fraction of sp³-hybridized carbons (Fsp3) is 0.333. The third kappa shape index (κ3) is 3.42. The summed E-state index contributed by atoms with van der Waals surface area (Å²) in [5, 5.41) is 14.7. The molecule has 0 aromatic carbocycles. The van der Waals surface area contributed by atoms with Crippen LogP contribution in [0.25, 0.3) is 0 Å². The number of hydrogen-bond acceptors (Lipinski definition) is 4. The topological polar surface area (TPSA) is 97.1 Å². The molecule has 0 radical (unpaired) electrons. The number of carboxylic acid groups (broad SMARTS) is 1. The van der Waals surface area contributed by atoms with Crippen molar-refractivity contribution in [2.45, 2.75) is 19.0 Å². The number of terminal acetylenes is 1. The van der Waals surface area contributed by atoms with Gasteiger partial charge in [0.2, 0.25) is 5.91 Å². The van der Waals surface area contributed by atoms with Gasteiger partial charge in [-0.3, -0.25) is 4.79 Å². The first-order chi connectivity index (χ1) is 7.63. The van der Waals surface area contributed by atoms with Crippen molar-refractivity contribution in [3.63, 3.8) is 0 Å². The highest BCUT2D eigenvalue weighted by Crippen LogP contribution is 1.91. The Morgan fingerprint density at radius 1 is 1.62 bits per heavy atom. The molecule has 7 heteroatoms. The van der Waals surface area contributed by atoms with E-state index in [2.05, 4.69) is 21.3 Å². The third-order valence-electron chi connectivity index (χ3n) is 1.73. The number of hydrogen-bond donors (Lipinski definition) is 2. The standard InChI is InChI=1S/C9H10N4O3/c1-2-3-7(9(15)16)12-8(14)4-13-6-10-5-11-13/h1,5-7H,3-4H2,(H,12,14)(H,15,16). The highest BCUT2D eigenvalue weighted by molar-refractivity contribution is 5.83. The molecule has 1 heterocycles. The predicted octanol–water partition coefficient (Wildman–Crippen LogP) is -1.13. The van der Waals surface area contributed by atoms with Crippen LogP contribution >= 0.6 is 0 Å².